The number of cyclic esters (lactones) is 1. The standard InChI is InChI=1S/C22H32O6/c1-19-21(27-18-25-3)15-12-11-14-20(26-17-24-2)13-9-7-5-4-6-8-10-16-22(23)28-19/h9,13,19-21H,4-8,10,16-18H2,1-3H3/b13-9-/t19-,20?,21?/m0/s1. The first kappa shape index (κ1) is 24.2. The average Bonchev–Trinajstić information content (AvgIpc) is 2.68. The van der Waals surface area contributed by atoms with Crippen molar-refractivity contribution in [2.45, 2.75) is 70.2 Å². The summed E-state index contributed by atoms with van der Waals surface area (Å²) in [5.74, 6) is 11.2. The van der Waals surface area contributed by atoms with Crippen molar-refractivity contribution in [1.29, 1.82) is 0 Å². The van der Waals surface area contributed by atoms with Crippen LogP contribution < -0.4 is 0 Å². The van der Waals surface area contributed by atoms with Crippen LogP contribution >= 0.6 is 0 Å². The molecule has 0 aromatic carbocycles. The number of hydrogen-bond acceptors (Lipinski definition) is 6. The molecule has 1 aliphatic heterocycles. The Morgan fingerprint density at radius 1 is 1.00 bits per heavy atom. The third-order valence-corrected chi connectivity index (χ3v) is 4.03. The number of esters is 1. The molecule has 1 heterocycles. The number of ether oxygens (including phenoxy) is 5. The number of methoxy groups -OCH3 is 2. The molecule has 0 aliphatic carbocycles. The molecule has 6 heteroatoms. The fourth-order valence-corrected chi connectivity index (χ4v) is 2.55. The maximum atomic E-state index is 12.0. The van der Waals surface area contributed by atoms with Gasteiger partial charge in [0.2, 0.25) is 0 Å². The molecule has 6 nitrogen and oxygen atoms in total. The Morgan fingerprint density at radius 3 is 2.46 bits per heavy atom. The fraction of sp³-hybridized carbons (Fsp3) is 0.682. The Bertz CT molecular complexity index is 577. The van der Waals surface area contributed by atoms with Gasteiger partial charge < -0.3 is 23.7 Å². The molecule has 0 N–H and O–H groups in total. The number of rotatable bonds is 6. The third-order valence-electron chi connectivity index (χ3n) is 4.03. The van der Waals surface area contributed by atoms with Gasteiger partial charge in [0.1, 0.15) is 25.8 Å². The van der Waals surface area contributed by atoms with Crippen LogP contribution in [0.2, 0.25) is 0 Å². The van der Waals surface area contributed by atoms with Gasteiger partial charge in [-0.3, -0.25) is 4.79 Å². The number of carbonyl (C=O) groups is 1. The van der Waals surface area contributed by atoms with Crippen LogP contribution in [0.3, 0.4) is 0 Å². The molecule has 3 atom stereocenters. The smallest absolute Gasteiger partial charge is 0.306 e. The van der Waals surface area contributed by atoms with E-state index in [1.807, 2.05) is 6.08 Å². The van der Waals surface area contributed by atoms with Crippen LogP contribution in [0.1, 0.15) is 51.9 Å². The first-order chi connectivity index (χ1) is 13.7. The second-order valence-electron chi connectivity index (χ2n) is 6.46. The van der Waals surface area contributed by atoms with Crippen LogP contribution in [0.5, 0.6) is 0 Å². The number of allylic oxidation sites excluding steroid dienone is 1. The van der Waals surface area contributed by atoms with Gasteiger partial charge in [0.05, 0.1) is 0 Å². The van der Waals surface area contributed by atoms with Gasteiger partial charge in [0.25, 0.3) is 0 Å². The van der Waals surface area contributed by atoms with Crippen molar-refractivity contribution in [3.63, 3.8) is 0 Å². The van der Waals surface area contributed by atoms with Gasteiger partial charge in [0.15, 0.2) is 6.10 Å². The molecule has 0 amide bonds. The lowest BCUT2D eigenvalue weighted by Crippen LogP contribution is -2.30. The second kappa shape index (κ2) is 16.2. The monoisotopic (exact) mass is 392 g/mol. The zero-order valence-electron chi connectivity index (χ0n) is 17.2. The van der Waals surface area contributed by atoms with Crippen molar-refractivity contribution in [3.05, 3.63) is 12.2 Å². The minimum Gasteiger partial charge on any atom is -0.459 e. The van der Waals surface area contributed by atoms with E-state index in [1.54, 1.807) is 14.0 Å². The van der Waals surface area contributed by atoms with Crippen LogP contribution in [0.15, 0.2) is 12.2 Å². The van der Waals surface area contributed by atoms with E-state index in [0.29, 0.717) is 6.42 Å². The van der Waals surface area contributed by atoms with Gasteiger partial charge in [-0.2, -0.15) is 0 Å². The van der Waals surface area contributed by atoms with Crippen LogP contribution in [0.4, 0.5) is 0 Å². The summed E-state index contributed by atoms with van der Waals surface area (Å²) in [5, 5.41) is 0. The molecule has 28 heavy (non-hydrogen) atoms. The lowest BCUT2D eigenvalue weighted by atomic mass is 10.1. The largest absolute Gasteiger partial charge is 0.459 e. The van der Waals surface area contributed by atoms with E-state index in [0.717, 1.165) is 38.5 Å². The summed E-state index contributed by atoms with van der Waals surface area (Å²) in [6, 6.07) is 0. The van der Waals surface area contributed by atoms with Gasteiger partial charge in [-0.25, -0.2) is 0 Å². The maximum absolute atomic E-state index is 12.0. The zero-order chi connectivity index (χ0) is 20.5. The second-order valence-corrected chi connectivity index (χ2v) is 6.46. The van der Waals surface area contributed by atoms with Gasteiger partial charge in [-0.05, 0) is 44.1 Å². The van der Waals surface area contributed by atoms with E-state index in [9.17, 15) is 4.79 Å². The average molecular weight is 392 g/mol. The SMILES string of the molecule is COCOC1C#CC#CC(OCOC)[C@H](C)OC(=O)CCCCCCC/C=C\1. The number of carbonyl (C=O) groups excluding carboxylic acids is 1. The van der Waals surface area contributed by atoms with Gasteiger partial charge >= 0.3 is 5.97 Å². The summed E-state index contributed by atoms with van der Waals surface area (Å²) in [5.41, 5.74) is 0. The van der Waals surface area contributed by atoms with Gasteiger partial charge in [0, 0.05) is 20.6 Å². The predicted octanol–water partition coefficient (Wildman–Crippen LogP) is 3.20. The van der Waals surface area contributed by atoms with Crippen LogP contribution in [0.25, 0.3) is 0 Å². The molecule has 0 fully saturated rings. The third kappa shape index (κ3) is 11.8. The van der Waals surface area contributed by atoms with Gasteiger partial charge in [-0.15, -0.1) is 0 Å². The van der Waals surface area contributed by atoms with Crippen molar-refractivity contribution in [3.8, 4) is 23.7 Å². The topological polar surface area (TPSA) is 63.2 Å². The Balaban J connectivity index is 2.88. The molecule has 2 unspecified atom stereocenters. The summed E-state index contributed by atoms with van der Waals surface area (Å²) in [4.78, 5) is 12.0. The Kier molecular flexibility index (Phi) is 14.0. The first-order valence-corrected chi connectivity index (χ1v) is 9.75. The van der Waals surface area contributed by atoms with Crippen molar-refractivity contribution in [2.75, 3.05) is 27.8 Å². The van der Waals surface area contributed by atoms with E-state index < -0.39 is 12.2 Å². The normalized spacial score (nSPS) is 25.8. The zero-order valence-corrected chi connectivity index (χ0v) is 17.2. The summed E-state index contributed by atoms with van der Waals surface area (Å²) in [6.07, 6.45) is 9.03. The molecule has 0 spiro atoms. The number of hydrogen-bond donors (Lipinski definition) is 0. The molecular formula is C22H32O6. The molecule has 0 saturated carbocycles. The van der Waals surface area contributed by atoms with Crippen LogP contribution in [0, 0.1) is 23.7 Å². The Morgan fingerprint density at radius 2 is 1.68 bits per heavy atom. The molecule has 0 aromatic rings. The quantitative estimate of drug-likeness (QED) is 0.299. The highest BCUT2D eigenvalue weighted by Crippen LogP contribution is 2.11. The highest BCUT2D eigenvalue weighted by atomic mass is 16.7. The van der Waals surface area contributed by atoms with Crippen LogP contribution in [-0.4, -0.2) is 52.1 Å². The van der Waals surface area contributed by atoms with E-state index in [-0.39, 0.29) is 25.7 Å². The van der Waals surface area contributed by atoms with Crippen molar-refractivity contribution in [1.82, 2.24) is 0 Å². The molecule has 0 aromatic heterocycles. The predicted molar refractivity (Wildman–Crippen MR) is 106 cm³/mol. The molecular weight excluding hydrogens is 360 g/mol. The van der Waals surface area contributed by atoms with E-state index in [4.69, 9.17) is 23.7 Å². The summed E-state index contributed by atoms with van der Waals surface area (Å²) in [7, 11) is 3.09. The Hall–Kier alpha value is -1.83. The van der Waals surface area contributed by atoms with Crippen LogP contribution in [-0.2, 0) is 28.5 Å². The van der Waals surface area contributed by atoms with E-state index >= 15 is 0 Å². The molecule has 0 saturated heterocycles. The molecule has 0 bridgehead atoms. The molecule has 156 valence electrons. The maximum Gasteiger partial charge on any atom is 0.306 e. The Labute approximate surface area is 168 Å². The lowest BCUT2D eigenvalue weighted by Gasteiger charge is -2.19. The summed E-state index contributed by atoms with van der Waals surface area (Å²) < 4.78 is 26.4. The summed E-state index contributed by atoms with van der Waals surface area (Å²) in [6.45, 7) is 1.96. The van der Waals surface area contributed by atoms with Crippen molar-refractivity contribution < 1.29 is 28.5 Å². The minimum absolute atomic E-state index is 0.0526. The highest BCUT2D eigenvalue weighted by molar-refractivity contribution is 5.69. The van der Waals surface area contributed by atoms with Crippen molar-refractivity contribution >= 4 is 5.97 Å². The minimum atomic E-state index is -0.619. The molecule has 1 rings (SSSR count). The van der Waals surface area contributed by atoms with E-state index in [1.165, 1.54) is 7.11 Å². The molecule has 0 radical (unpaired) electrons. The highest BCUT2D eigenvalue weighted by Gasteiger charge is 2.20. The van der Waals surface area contributed by atoms with Gasteiger partial charge in [-0.1, -0.05) is 37.2 Å². The van der Waals surface area contributed by atoms with Crippen molar-refractivity contribution in [2.24, 2.45) is 0 Å². The molecule has 1 aliphatic rings. The van der Waals surface area contributed by atoms with E-state index in [2.05, 4.69) is 29.8 Å². The lowest BCUT2D eigenvalue weighted by molar-refractivity contribution is -0.158. The fourth-order valence-electron chi connectivity index (χ4n) is 2.55. The summed E-state index contributed by atoms with van der Waals surface area (Å²) >= 11 is 0. The first-order valence-electron chi connectivity index (χ1n) is 9.75.